The topological polar surface area (TPSA) is 70.6 Å². The van der Waals surface area contributed by atoms with Gasteiger partial charge in [0.15, 0.2) is 0 Å². The van der Waals surface area contributed by atoms with E-state index >= 15 is 0 Å². The van der Waals surface area contributed by atoms with Crippen LogP contribution in [0.2, 0.25) is 0 Å². The zero-order chi connectivity index (χ0) is 13.6. The van der Waals surface area contributed by atoms with E-state index in [1.165, 1.54) is 25.7 Å². The van der Waals surface area contributed by atoms with Gasteiger partial charge in [-0.05, 0) is 39.2 Å². The minimum absolute atomic E-state index is 0.202. The molecule has 0 bridgehead atoms. The van der Waals surface area contributed by atoms with E-state index in [1.54, 1.807) is 0 Å². The van der Waals surface area contributed by atoms with Gasteiger partial charge in [0.2, 0.25) is 0 Å². The summed E-state index contributed by atoms with van der Waals surface area (Å²) >= 11 is 0. The lowest BCUT2D eigenvalue weighted by molar-refractivity contribution is 0.303. The van der Waals surface area contributed by atoms with Crippen LogP contribution in [-0.2, 0) is 0 Å². The summed E-state index contributed by atoms with van der Waals surface area (Å²) in [6.07, 6.45) is 8.55. The molecule has 18 heavy (non-hydrogen) atoms. The molecule has 0 radical (unpaired) electrons. The van der Waals surface area contributed by atoms with Crippen molar-refractivity contribution in [2.45, 2.75) is 71.3 Å². The van der Waals surface area contributed by atoms with Gasteiger partial charge in [-0.2, -0.15) is 0 Å². The lowest BCUT2D eigenvalue weighted by Crippen LogP contribution is -2.40. The number of hydrogen-bond acceptors (Lipinski definition) is 3. The Kier molecular flexibility index (Phi) is 5.45. The third kappa shape index (κ3) is 4.48. The molecule has 4 heteroatoms. The fourth-order valence-electron chi connectivity index (χ4n) is 2.68. The summed E-state index contributed by atoms with van der Waals surface area (Å²) in [5.74, 6) is 0.332. The van der Waals surface area contributed by atoms with Crippen molar-refractivity contribution in [3.05, 3.63) is 0 Å². The van der Waals surface area contributed by atoms with Crippen LogP contribution in [0.1, 0.15) is 65.7 Å². The Morgan fingerprint density at radius 3 is 2.50 bits per heavy atom. The highest BCUT2D eigenvalue weighted by Crippen LogP contribution is 2.29. The SMILES string of the molecule is CC1(NCCCCC(C)(C)C(N)=NO)CCCC1. The molecule has 1 aliphatic rings. The molecule has 1 aliphatic carbocycles. The number of hydrogen-bond donors (Lipinski definition) is 3. The first-order chi connectivity index (χ1) is 8.40. The summed E-state index contributed by atoms with van der Waals surface area (Å²) in [7, 11) is 0. The molecule has 1 rings (SSSR count). The second kappa shape index (κ2) is 6.41. The predicted molar refractivity (Wildman–Crippen MR) is 75.9 cm³/mol. The molecule has 1 saturated carbocycles. The largest absolute Gasteiger partial charge is 0.409 e. The molecule has 0 spiro atoms. The molecule has 0 aliphatic heterocycles. The molecular formula is C14H29N3O. The van der Waals surface area contributed by atoms with Crippen molar-refractivity contribution in [3.63, 3.8) is 0 Å². The average Bonchev–Trinajstić information content (AvgIpc) is 2.74. The van der Waals surface area contributed by atoms with Crippen molar-refractivity contribution in [2.24, 2.45) is 16.3 Å². The second-order valence-corrected chi connectivity index (χ2v) is 6.52. The lowest BCUT2D eigenvalue weighted by atomic mass is 9.86. The highest BCUT2D eigenvalue weighted by molar-refractivity contribution is 5.85. The summed E-state index contributed by atoms with van der Waals surface area (Å²) in [5, 5.41) is 15.5. The minimum Gasteiger partial charge on any atom is -0.409 e. The van der Waals surface area contributed by atoms with Gasteiger partial charge in [-0.25, -0.2) is 0 Å². The molecule has 4 N–H and O–H groups in total. The summed E-state index contributed by atoms with van der Waals surface area (Å²) in [5.41, 5.74) is 5.84. The number of nitrogens with one attached hydrogen (secondary N) is 1. The number of oxime groups is 1. The van der Waals surface area contributed by atoms with Gasteiger partial charge in [-0.1, -0.05) is 38.3 Å². The molecule has 4 nitrogen and oxygen atoms in total. The summed E-state index contributed by atoms with van der Waals surface area (Å²) in [4.78, 5) is 0. The normalized spacial score (nSPS) is 20.3. The van der Waals surface area contributed by atoms with Gasteiger partial charge in [0, 0.05) is 11.0 Å². The average molecular weight is 255 g/mol. The Morgan fingerprint density at radius 1 is 1.33 bits per heavy atom. The summed E-state index contributed by atoms with van der Waals surface area (Å²) < 4.78 is 0. The van der Waals surface area contributed by atoms with E-state index in [9.17, 15) is 0 Å². The second-order valence-electron chi connectivity index (χ2n) is 6.52. The van der Waals surface area contributed by atoms with E-state index < -0.39 is 0 Å². The van der Waals surface area contributed by atoms with Crippen LogP contribution in [0.5, 0.6) is 0 Å². The Bertz CT molecular complexity index is 281. The van der Waals surface area contributed by atoms with E-state index in [0.717, 1.165) is 25.8 Å². The molecule has 0 amide bonds. The van der Waals surface area contributed by atoms with Gasteiger partial charge in [-0.15, -0.1) is 0 Å². The molecule has 0 saturated heterocycles. The van der Waals surface area contributed by atoms with E-state index in [-0.39, 0.29) is 5.41 Å². The maximum atomic E-state index is 8.70. The molecule has 0 heterocycles. The Labute approximate surface area is 111 Å². The lowest BCUT2D eigenvalue weighted by Gasteiger charge is -2.26. The van der Waals surface area contributed by atoms with Crippen molar-refractivity contribution < 1.29 is 5.21 Å². The van der Waals surface area contributed by atoms with Crippen molar-refractivity contribution in [1.82, 2.24) is 5.32 Å². The van der Waals surface area contributed by atoms with E-state index in [0.29, 0.717) is 11.4 Å². The molecule has 0 atom stereocenters. The quantitative estimate of drug-likeness (QED) is 0.215. The molecule has 0 aromatic heterocycles. The predicted octanol–water partition coefficient (Wildman–Crippen LogP) is 2.85. The monoisotopic (exact) mass is 255 g/mol. The van der Waals surface area contributed by atoms with Gasteiger partial charge >= 0.3 is 0 Å². The van der Waals surface area contributed by atoms with Gasteiger partial charge in [0.1, 0.15) is 5.84 Å². The summed E-state index contributed by atoms with van der Waals surface area (Å²) in [6, 6.07) is 0. The Morgan fingerprint density at radius 2 is 1.94 bits per heavy atom. The van der Waals surface area contributed by atoms with Gasteiger partial charge in [0.25, 0.3) is 0 Å². The number of amidine groups is 1. The van der Waals surface area contributed by atoms with Crippen LogP contribution in [0.3, 0.4) is 0 Å². The Balaban J connectivity index is 2.15. The zero-order valence-electron chi connectivity index (χ0n) is 12.1. The van der Waals surface area contributed by atoms with Crippen LogP contribution in [0.25, 0.3) is 0 Å². The highest BCUT2D eigenvalue weighted by atomic mass is 16.4. The van der Waals surface area contributed by atoms with Crippen molar-refractivity contribution in [3.8, 4) is 0 Å². The Hall–Kier alpha value is -0.770. The number of unbranched alkanes of at least 4 members (excludes halogenated alkanes) is 1. The van der Waals surface area contributed by atoms with Crippen molar-refractivity contribution in [2.75, 3.05) is 6.54 Å². The fraction of sp³-hybridized carbons (Fsp3) is 0.929. The standard InChI is InChI=1S/C14H29N3O/c1-13(2,12(15)17-18)8-6-7-11-16-14(3)9-4-5-10-14/h16,18H,4-11H2,1-3H3,(H2,15,17). The van der Waals surface area contributed by atoms with Gasteiger partial charge < -0.3 is 16.3 Å². The van der Waals surface area contributed by atoms with E-state index in [4.69, 9.17) is 10.9 Å². The molecule has 106 valence electrons. The van der Waals surface area contributed by atoms with Crippen LogP contribution < -0.4 is 11.1 Å². The first kappa shape index (κ1) is 15.3. The van der Waals surface area contributed by atoms with Crippen LogP contribution in [0, 0.1) is 5.41 Å². The van der Waals surface area contributed by atoms with Crippen LogP contribution in [0.4, 0.5) is 0 Å². The van der Waals surface area contributed by atoms with Crippen molar-refractivity contribution in [1.29, 1.82) is 0 Å². The maximum Gasteiger partial charge on any atom is 0.144 e. The first-order valence-electron chi connectivity index (χ1n) is 7.13. The number of nitrogens with zero attached hydrogens (tertiary/aromatic N) is 1. The van der Waals surface area contributed by atoms with Crippen LogP contribution in [0.15, 0.2) is 5.16 Å². The molecule has 1 fully saturated rings. The maximum absolute atomic E-state index is 8.70. The third-order valence-electron chi connectivity index (χ3n) is 4.29. The molecule has 0 unspecified atom stereocenters. The van der Waals surface area contributed by atoms with Gasteiger partial charge in [-0.3, -0.25) is 0 Å². The van der Waals surface area contributed by atoms with Crippen LogP contribution >= 0.6 is 0 Å². The van der Waals surface area contributed by atoms with E-state index in [2.05, 4.69) is 17.4 Å². The molecule has 0 aromatic carbocycles. The fourth-order valence-corrected chi connectivity index (χ4v) is 2.68. The van der Waals surface area contributed by atoms with Gasteiger partial charge in [0.05, 0.1) is 0 Å². The third-order valence-corrected chi connectivity index (χ3v) is 4.29. The van der Waals surface area contributed by atoms with Crippen LogP contribution in [-0.4, -0.2) is 23.1 Å². The summed E-state index contributed by atoms with van der Waals surface area (Å²) in [6.45, 7) is 7.45. The molecule has 0 aromatic rings. The van der Waals surface area contributed by atoms with Crippen molar-refractivity contribution >= 4 is 5.84 Å². The first-order valence-corrected chi connectivity index (χ1v) is 7.13. The molecular weight excluding hydrogens is 226 g/mol. The number of rotatable bonds is 7. The number of nitrogens with two attached hydrogens (primary N) is 1. The smallest absolute Gasteiger partial charge is 0.144 e. The minimum atomic E-state index is -0.202. The highest BCUT2D eigenvalue weighted by Gasteiger charge is 2.27. The van der Waals surface area contributed by atoms with E-state index in [1.807, 2.05) is 13.8 Å². The zero-order valence-corrected chi connectivity index (χ0v) is 12.1.